The Kier molecular flexibility index (Phi) is 12.0. The van der Waals surface area contributed by atoms with E-state index >= 15 is 0 Å². The van der Waals surface area contributed by atoms with Crippen LogP contribution in [0.3, 0.4) is 0 Å². The monoisotopic (exact) mass is 832 g/mol. The molecular weight excluding hydrogens is 777 g/mol. The minimum atomic E-state index is -3.70. The number of aromatic amines is 2. The molecule has 60 heavy (non-hydrogen) atoms. The molecule has 0 spiro atoms. The van der Waals surface area contributed by atoms with E-state index in [1.807, 2.05) is 48.8 Å². The van der Waals surface area contributed by atoms with Gasteiger partial charge in [0.05, 0.1) is 28.9 Å². The molecule has 0 unspecified atom stereocenters. The SMILES string of the molecule is CC(=O)NCc1ccc(-c2c[nH]c3nccc(OCC4(C)CCN(CCNS(=O)(=O)c5ccc(-c6c[nH]c7nccc(OCC8(C)CCN(C)CC8)c67)cc5)CC4)c23)cc1. The fourth-order valence-electron chi connectivity index (χ4n) is 8.28. The number of rotatable bonds is 15. The number of aromatic nitrogens is 4. The van der Waals surface area contributed by atoms with Crippen molar-refractivity contribution in [2.45, 2.75) is 57.9 Å². The minimum absolute atomic E-state index is 0.0340. The third kappa shape index (κ3) is 9.36. The van der Waals surface area contributed by atoms with E-state index in [4.69, 9.17) is 9.47 Å². The number of nitrogens with zero attached hydrogens (tertiary/aromatic N) is 4. The number of carbonyl (C=O) groups is 1. The summed E-state index contributed by atoms with van der Waals surface area (Å²) in [6.45, 7) is 12.5. The van der Waals surface area contributed by atoms with Gasteiger partial charge in [-0.25, -0.2) is 23.1 Å². The van der Waals surface area contributed by atoms with E-state index in [9.17, 15) is 13.2 Å². The highest BCUT2D eigenvalue weighted by molar-refractivity contribution is 7.89. The molecule has 0 radical (unpaired) electrons. The first-order valence-corrected chi connectivity index (χ1v) is 22.4. The van der Waals surface area contributed by atoms with E-state index in [-0.39, 0.29) is 21.6 Å². The van der Waals surface area contributed by atoms with Gasteiger partial charge in [0.2, 0.25) is 15.9 Å². The van der Waals surface area contributed by atoms with Crippen LogP contribution in [0.1, 0.15) is 52.0 Å². The van der Waals surface area contributed by atoms with Crippen LogP contribution in [0.25, 0.3) is 44.3 Å². The molecule has 6 aromatic rings. The summed E-state index contributed by atoms with van der Waals surface area (Å²) in [4.78, 5) is 31.9. The summed E-state index contributed by atoms with van der Waals surface area (Å²) in [5.74, 6) is 1.51. The van der Waals surface area contributed by atoms with Crippen LogP contribution in [-0.4, -0.2) is 104 Å². The normalized spacial score (nSPS) is 17.2. The second kappa shape index (κ2) is 17.4. The van der Waals surface area contributed by atoms with Gasteiger partial charge in [0.25, 0.3) is 0 Å². The minimum Gasteiger partial charge on any atom is -0.492 e. The Bertz CT molecular complexity index is 2540. The molecule has 316 valence electrons. The summed E-state index contributed by atoms with van der Waals surface area (Å²) in [5.41, 5.74) is 6.46. The first-order chi connectivity index (χ1) is 28.9. The van der Waals surface area contributed by atoms with Crippen molar-refractivity contribution in [1.29, 1.82) is 0 Å². The van der Waals surface area contributed by atoms with Gasteiger partial charge in [0.1, 0.15) is 22.8 Å². The molecule has 2 aliphatic heterocycles. The Morgan fingerprint density at radius 1 is 0.750 bits per heavy atom. The van der Waals surface area contributed by atoms with Crippen LogP contribution in [-0.2, 0) is 21.4 Å². The van der Waals surface area contributed by atoms with Gasteiger partial charge < -0.3 is 34.6 Å². The van der Waals surface area contributed by atoms with Gasteiger partial charge in [-0.2, -0.15) is 0 Å². The summed E-state index contributed by atoms with van der Waals surface area (Å²) < 4.78 is 42.6. The molecule has 0 atom stereocenters. The lowest BCUT2D eigenvalue weighted by Gasteiger charge is -2.39. The topological polar surface area (TPSA) is 158 Å². The third-order valence-corrected chi connectivity index (χ3v) is 14.0. The maximum atomic E-state index is 13.4. The molecule has 2 fully saturated rings. The van der Waals surface area contributed by atoms with E-state index < -0.39 is 10.0 Å². The third-order valence-electron chi connectivity index (χ3n) is 12.5. The van der Waals surface area contributed by atoms with Crippen LogP contribution in [0, 0.1) is 10.8 Å². The maximum absolute atomic E-state index is 13.4. The molecule has 2 aromatic carbocycles. The van der Waals surface area contributed by atoms with Crippen LogP contribution < -0.4 is 19.5 Å². The highest BCUT2D eigenvalue weighted by atomic mass is 32.2. The standard InChI is InChI=1S/C46H56N8O5S/c1-32(55)49-27-33-5-7-34(8-6-33)37-28-50-43-41(37)39(13-19-47-43)59-31-46(3)17-24-54(25-18-46)26-21-52-60(56,57)36-11-9-35(10-12-36)38-29-51-44-42(38)40(14-20-48-44)58-30-45(2)15-22-53(4)23-16-45/h5-14,19-20,28-29,52H,15-18,21-27,30-31H2,1-4H3,(H,47,50)(H,48,51)(H,49,55). The summed E-state index contributed by atoms with van der Waals surface area (Å²) >= 11 is 0. The fourth-order valence-corrected chi connectivity index (χ4v) is 9.30. The second-order valence-corrected chi connectivity index (χ2v) is 19.1. The van der Waals surface area contributed by atoms with Crippen LogP contribution in [0.4, 0.5) is 0 Å². The number of ether oxygens (including phenoxy) is 2. The first-order valence-electron chi connectivity index (χ1n) is 20.9. The van der Waals surface area contributed by atoms with E-state index in [1.54, 1.807) is 24.5 Å². The number of sulfonamides is 1. The number of fused-ring (bicyclic) bond motifs is 2. The van der Waals surface area contributed by atoms with Crippen molar-refractivity contribution in [3.05, 3.63) is 91.0 Å². The van der Waals surface area contributed by atoms with E-state index in [1.165, 1.54) is 6.92 Å². The zero-order valence-electron chi connectivity index (χ0n) is 35.0. The van der Waals surface area contributed by atoms with Crippen molar-refractivity contribution in [2.24, 2.45) is 10.8 Å². The molecule has 13 nitrogen and oxygen atoms in total. The lowest BCUT2D eigenvalue weighted by Crippen LogP contribution is -2.44. The van der Waals surface area contributed by atoms with E-state index in [0.717, 1.165) is 113 Å². The molecule has 8 rings (SSSR count). The fraction of sp³-hybridized carbons (Fsp3) is 0.413. The van der Waals surface area contributed by atoms with Crippen molar-refractivity contribution in [3.63, 3.8) is 0 Å². The van der Waals surface area contributed by atoms with Crippen molar-refractivity contribution < 1.29 is 22.7 Å². The number of benzene rings is 2. The molecule has 1 amide bonds. The van der Waals surface area contributed by atoms with Crippen LogP contribution in [0.5, 0.6) is 11.5 Å². The number of nitrogens with one attached hydrogen (secondary N) is 4. The molecule has 2 aliphatic rings. The molecule has 2 saturated heterocycles. The van der Waals surface area contributed by atoms with Crippen molar-refractivity contribution in [1.82, 2.24) is 39.8 Å². The number of carbonyl (C=O) groups excluding carboxylic acids is 1. The quantitative estimate of drug-likeness (QED) is 0.0858. The molecular formula is C46H56N8O5S. The Morgan fingerprint density at radius 3 is 1.77 bits per heavy atom. The molecule has 6 heterocycles. The highest BCUT2D eigenvalue weighted by Crippen LogP contribution is 2.39. The zero-order chi connectivity index (χ0) is 41.9. The Hall–Kier alpha value is -5.28. The smallest absolute Gasteiger partial charge is 0.240 e. The molecule has 4 N–H and O–H groups in total. The number of H-pyrrole nitrogens is 2. The van der Waals surface area contributed by atoms with Crippen LogP contribution in [0.15, 0.2) is 90.3 Å². The van der Waals surface area contributed by atoms with Gasteiger partial charge in [0, 0.05) is 73.3 Å². The summed E-state index contributed by atoms with van der Waals surface area (Å²) in [6, 6.07) is 19.0. The predicted octanol–water partition coefficient (Wildman–Crippen LogP) is 6.98. The Labute approximate surface area is 352 Å². The van der Waals surface area contributed by atoms with Crippen molar-refractivity contribution >= 4 is 38.0 Å². The number of amides is 1. The number of piperidine rings is 2. The zero-order valence-corrected chi connectivity index (χ0v) is 35.8. The first kappa shape index (κ1) is 41.5. The van der Waals surface area contributed by atoms with Crippen LogP contribution in [0.2, 0.25) is 0 Å². The largest absolute Gasteiger partial charge is 0.492 e. The van der Waals surface area contributed by atoms with Gasteiger partial charge in [0.15, 0.2) is 0 Å². The van der Waals surface area contributed by atoms with E-state index in [2.05, 4.69) is 72.8 Å². The second-order valence-electron chi connectivity index (χ2n) is 17.3. The molecule has 0 bridgehead atoms. The number of pyridine rings is 2. The molecule has 4 aromatic heterocycles. The van der Waals surface area contributed by atoms with Crippen molar-refractivity contribution in [2.75, 3.05) is 59.5 Å². The van der Waals surface area contributed by atoms with Crippen molar-refractivity contribution in [3.8, 4) is 33.8 Å². The number of hydrogen-bond donors (Lipinski definition) is 4. The lowest BCUT2D eigenvalue weighted by atomic mass is 9.81. The molecule has 0 aliphatic carbocycles. The Balaban J connectivity index is 0.832. The van der Waals surface area contributed by atoms with Gasteiger partial charge in [-0.3, -0.25) is 4.79 Å². The van der Waals surface area contributed by atoms with Gasteiger partial charge >= 0.3 is 0 Å². The molecule has 14 heteroatoms. The molecule has 0 saturated carbocycles. The summed E-state index contributed by atoms with van der Waals surface area (Å²) in [7, 11) is -1.54. The maximum Gasteiger partial charge on any atom is 0.240 e. The van der Waals surface area contributed by atoms with E-state index in [0.29, 0.717) is 32.8 Å². The Morgan fingerprint density at radius 2 is 1.25 bits per heavy atom. The van der Waals surface area contributed by atoms with Crippen LogP contribution >= 0.6 is 0 Å². The number of hydrogen-bond acceptors (Lipinski definition) is 9. The summed E-state index contributed by atoms with van der Waals surface area (Å²) in [5, 5.41) is 4.68. The van der Waals surface area contributed by atoms with Gasteiger partial charge in [-0.15, -0.1) is 0 Å². The number of likely N-dealkylation sites (tertiary alicyclic amines) is 2. The summed E-state index contributed by atoms with van der Waals surface area (Å²) in [6.07, 6.45) is 11.4. The van der Waals surface area contributed by atoms with Gasteiger partial charge in [-0.1, -0.05) is 50.2 Å². The van der Waals surface area contributed by atoms with Gasteiger partial charge in [-0.05, 0) is 99.9 Å². The highest BCUT2D eigenvalue weighted by Gasteiger charge is 2.32. The predicted molar refractivity (Wildman–Crippen MR) is 235 cm³/mol. The average Bonchev–Trinajstić information content (AvgIpc) is 3.90. The average molecular weight is 833 g/mol. The lowest BCUT2D eigenvalue weighted by molar-refractivity contribution is -0.119.